The van der Waals surface area contributed by atoms with Gasteiger partial charge in [-0.25, -0.2) is 9.38 Å². The molecule has 1 fully saturated rings. The number of fused-ring (bicyclic) bond motifs is 3. The molecule has 0 radical (unpaired) electrons. The molecule has 3 heterocycles. The number of non-ortho nitro benzene ring substituents is 1. The third-order valence-corrected chi connectivity index (χ3v) is 6.47. The Hall–Kier alpha value is -3.30. The molecule has 0 unspecified atom stereocenters. The van der Waals surface area contributed by atoms with Crippen molar-refractivity contribution in [2.75, 3.05) is 38.1 Å². The predicted octanol–water partition coefficient (Wildman–Crippen LogP) is 2.12. The van der Waals surface area contributed by atoms with E-state index in [1.165, 1.54) is 17.4 Å². The molecular weight excluding hydrogens is 402 g/mol. The number of thiazole rings is 1. The maximum atomic E-state index is 13.1. The molecule has 0 spiro atoms. The van der Waals surface area contributed by atoms with E-state index >= 15 is 0 Å². The van der Waals surface area contributed by atoms with Crippen LogP contribution in [0, 0.1) is 10.1 Å². The number of aromatic nitrogens is 2. The van der Waals surface area contributed by atoms with Gasteiger partial charge in [-0.15, -0.1) is 0 Å². The number of para-hydroxylation sites is 2. The highest BCUT2D eigenvalue weighted by Crippen LogP contribution is 2.27. The summed E-state index contributed by atoms with van der Waals surface area (Å²) in [6.07, 6.45) is 1.76. The van der Waals surface area contributed by atoms with E-state index in [2.05, 4.69) is 21.8 Å². The van der Waals surface area contributed by atoms with Gasteiger partial charge in [0.25, 0.3) is 11.2 Å². The van der Waals surface area contributed by atoms with Crippen molar-refractivity contribution in [3.8, 4) is 0 Å². The predicted molar refractivity (Wildman–Crippen MR) is 118 cm³/mol. The monoisotopic (exact) mass is 421 g/mol. The number of hydrogen-bond donors (Lipinski definition) is 0. The lowest BCUT2D eigenvalue weighted by Crippen LogP contribution is -2.44. The van der Waals surface area contributed by atoms with Crippen LogP contribution in [0.5, 0.6) is 0 Å². The zero-order valence-electron chi connectivity index (χ0n) is 16.3. The van der Waals surface area contributed by atoms with E-state index in [1.54, 1.807) is 22.6 Å². The SMILES string of the molecule is CN1CCN(c2ccc([N+](=O)[O-])cc2/C=c2/sc3nc4ccccc4n3c2=O)CC1. The minimum Gasteiger partial charge on any atom is -0.368 e. The molecule has 4 aromatic rings. The second-order valence-corrected chi connectivity index (χ2v) is 8.43. The third-order valence-electron chi connectivity index (χ3n) is 5.50. The number of rotatable bonds is 3. The maximum Gasteiger partial charge on any atom is 0.274 e. The Kier molecular flexibility index (Phi) is 4.48. The first kappa shape index (κ1) is 18.7. The van der Waals surface area contributed by atoms with Crippen LogP contribution in [0.4, 0.5) is 11.4 Å². The highest BCUT2D eigenvalue weighted by molar-refractivity contribution is 7.15. The van der Waals surface area contributed by atoms with Crippen LogP contribution < -0.4 is 15.0 Å². The Morgan fingerprint density at radius 2 is 1.90 bits per heavy atom. The summed E-state index contributed by atoms with van der Waals surface area (Å²) in [6, 6.07) is 12.4. The van der Waals surface area contributed by atoms with Crippen LogP contribution in [-0.4, -0.2) is 52.4 Å². The number of imidazole rings is 1. The van der Waals surface area contributed by atoms with Crippen LogP contribution in [0.25, 0.3) is 22.1 Å². The second-order valence-electron chi connectivity index (χ2n) is 7.42. The summed E-state index contributed by atoms with van der Waals surface area (Å²) in [4.78, 5) is 33.7. The fourth-order valence-electron chi connectivity index (χ4n) is 3.86. The summed E-state index contributed by atoms with van der Waals surface area (Å²) >= 11 is 1.30. The van der Waals surface area contributed by atoms with Crippen LogP contribution in [0.3, 0.4) is 0 Å². The van der Waals surface area contributed by atoms with Crippen molar-refractivity contribution < 1.29 is 4.92 Å². The number of nitrogens with zero attached hydrogens (tertiary/aromatic N) is 5. The molecule has 0 amide bonds. The Bertz CT molecular complexity index is 1390. The molecule has 1 aliphatic heterocycles. The van der Waals surface area contributed by atoms with E-state index in [9.17, 15) is 14.9 Å². The smallest absolute Gasteiger partial charge is 0.274 e. The molecule has 2 aromatic carbocycles. The molecule has 0 aliphatic carbocycles. The van der Waals surface area contributed by atoms with Crippen molar-refractivity contribution in [1.29, 1.82) is 0 Å². The van der Waals surface area contributed by atoms with E-state index in [0.717, 1.165) is 42.9 Å². The Morgan fingerprint density at radius 1 is 1.13 bits per heavy atom. The summed E-state index contributed by atoms with van der Waals surface area (Å²) in [5, 5.41) is 11.3. The lowest BCUT2D eigenvalue weighted by Gasteiger charge is -2.34. The van der Waals surface area contributed by atoms with Crippen LogP contribution in [0.1, 0.15) is 5.56 Å². The van der Waals surface area contributed by atoms with Crippen molar-refractivity contribution in [2.45, 2.75) is 0 Å². The molecule has 30 heavy (non-hydrogen) atoms. The van der Waals surface area contributed by atoms with Gasteiger partial charge >= 0.3 is 0 Å². The average Bonchev–Trinajstić information content (AvgIpc) is 3.25. The highest BCUT2D eigenvalue weighted by Gasteiger charge is 2.19. The van der Waals surface area contributed by atoms with Crippen molar-refractivity contribution in [1.82, 2.24) is 14.3 Å². The van der Waals surface area contributed by atoms with Gasteiger partial charge in [0.1, 0.15) is 0 Å². The molecule has 0 N–H and O–H groups in total. The van der Waals surface area contributed by atoms with E-state index < -0.39 is 4.92 Å². The molecule has 0 bridgehead atoms. The van der Waals surface area contributed by atoms with Crippen molar-refractivity contribution in [3.63, 3.8) is 0 Å². The molecule has 1 aliphatic rings. The molecule has 0 atom stereocenters. The van der Waals surface area contributed by atoms with Crippen molar-refractivity contribution in [2.24, 2.45) is 0 Å². The molecule has 5 rings (SSSR count). The first-order valence-electron chi connectivity index (χ1n) is 9.65. The fourth-order valence-corrected chi connectivity index (χ4v) is 4.84. The van der Waals surface area contributed by atoms with Crippen LogP contribution in [0.2, 0.25) is 0 Å². The molecule has 1 saturated heterocycles. The Labute approximate surface area is 175 Å². The van der Waals surface area contributed by atoms with Crippen LogP contribution in [0.15, 0.2) is 47.3 Å². The Morgan fingerprint density at radius 3 is 2.67 bits per heavy atom. The molecule has 0 saturated carbocycles. The largest absolute Gasteiger partial charge is 0.368 e. The van der Waals surface area contributed by atoms with E-state index in [-0.39, 0.29) is 11.2 Å². The number of piperazine rings is 1. The fraction of sp³-hybridized carbons (Fsp3) is 0.238. The number of hydrogen-bond acceptors (Lipinski definition) is 7. The van der Waals surface area contributed by atoms with Gasteiger partial charge in [-0.2, -0.15) is 0 Å². The normalized spacial score (nSPS) is 16.0. The quantitative estimate of drug-likeness (QED) is 0.372. The molecule has 152 valence electrons. The van der Waals surface area contributed by atoms with Gasteiger partial charge in [0.2, 0.25) is 0 Å². The summed E-state index contributed by atoms with van der Waals surface area (Å²) in [7, 11) is 2.08. The summed E-state index contributed by atoms with van der Waals surface area (Å²) in [5.41, 5.74) is 2.99. The Balaban J connectivity index is 1.68. The maximum absolute atomic E-state index is 13.1. The summed E-state index contributed by atoms with van der Waals surface area (Å²) < 4.78 is 2.12. The number of anilines is 1. The second kappa shape index (κ2) is 7.19. The summed E-state index contributed by atoms with van der Waals surface area (Å²) in [6.45, 7) is 3.50. The molecule has 9 heteroatoms. The summed E-state index contributed by atoms with van der Waals surface area (Å²) in [5.74, 6) is 0. The number of nitro benzene ring substituents is 1. The van der Waals surface area contributed by atoms with Gasteiger partial charge in [0.15, 0.2) is 4.96 Å². The minimum absolute atomic E-state index is 0.0124. The minimum atomic E-state index is -0.405. The van der Waals surface area contributed by atoms with Gasteiger partial charge in [-0.05, 0) is 31.3 Å². The lowest BCUT2D eigenvalue weighted by molar-refractivity contribution is -0.384. The van der Waals surface area contributed by atoms with Gasteiger partial charge in [0.05, 0.1) is 20.5 Å². The van der Waals surface area contributed by atoms with Crippen LogP contribution >= 0.6 is 11.3 Å². The van der Waals surface area contributed by atoms with Crippen molar-refractivity contribution >= 4 is 44.8 Å². The van der Waals surface area contributed by atoms with Gasteiger partial charge in [-0.1, -0.05) is 23.5 Å². The molecular formula is C21H19N5O3S. The zero-order valence-corrected chi connectivity index (χ0v) is 17.1. The highest BCUT2D eigenvalue weighted by atomic mass is 32.1. The van der Waals surface area contributed by atoms with Crippen LogP contribution in [-0.2, 0) is 0 Å². The first-order chi connectivity index (χ1) is 14.5. The van der Waals surface area contributed by atoms with Gasteiger partial charge < -0.3 is 9.80 Å². The number of benzene rings is 2. The molecule has 2 aromatic heterocycles. The first-order valence-corrected chi connectivity index (χ1v) is 10.5. The lowest BCUT2D eigenvalue weighted by atomic mass is 10.1. The van der Waals surface area contributed by atoms with E-state index in [4.69, 9.17) is 0 Å². The van der Waals surface area contributed by atoms with E-state index in [1.807, 2.05) is 24.3 Å². The number of likely N-dealkylation sites (N-methyl/N-ethyl adjacent to an activating group) is 1. The average molecular weight is 421 g/mol. The molecule has 8 nitrogen and oxygen atoms in total. The van der Waals surface area contributed by atoms with Gasteiger partial charge in [0, 0.05) is 49.6 Å². The van der Waals surface area contributed by atoms with Crippen molar-refractivity contribution in [3.05, 3.63) is 73.0 Å². The van der Waals surface area contributed by atoms with E-state index in [0.29, 0.717) is 15.1 Å². The standard InChI is InChI=1S/C21H19N5O3S/c1-23-8-10-24(11-9-23)17-7-6-15(26(28)29)12-14(17)13-19-20(27)25-18-5-3-2-4-16(18)22-21(25)30-19/h2-7,12-13H,8-11H2,1H3/b19-13+. The third kappa shape index (κ3) is 3.12. The zero-order chi connectivity index (χ0) is 20.8. The number of nitro groups is 1. The van der Waals surface area contributed by atoms with Gasteiger partial charge in [-0.3, -0.25) is 14.9 Å². The topological polar surface area (TPSA) is 84.0 Å².